The van der Waals surface area contributed by atoms with Gasteiger partial charge in [-0.1, -0.05) is 5.21 Å². The highest BCUT2D eigenvalue weighted by molar-refractivity contribution is 5.57. The molecule has 0 aliphatic heterocycles. The zero-order valence-corrected chi connectivity index (χ0v) is 9.19. The van der Waals surface area contributed by atoms with E-state index in [-0.39, 0.29) is 11.6 Å². The van der Waals surface area contributed by atoms with Crippen LogP contribution in [-0.4, -0.2) is 32.0 Å². The SMILES string of the molecule is COc1nc(-c2cnnn2C)ccc1[N+](=O)[O-]. The first kappa shape index (κ1) is 11.0. The predicted molar refractivity (Wildman–Crippen MR) is 57.4 cm³/mol. The number of aromatic nitrogens is 4. The third kappa shape index (κ3) is 1.92. The topological polar surface area (TPSA) is 96.0 Å². The number of aryl methyl sites for hydroxylation is 1. The van der Waals surface area contributed by atoms with Gasteiger partial charge in [-0.05, 0) is 6.07 Å². The van der Waals surface area contributed by atoms with Crippen LogP contribution >= 0.6 is 0 Å². The Morgan fingerprint density at radius 3 is 2.76 bits per heavy atom. The van der Waals surface area contributed by atoms with Crippen LogP contribution in [0.15, 0.2) is 18.3 Å². The lowest BCUT2D eigenvalue weighted by Gasteiger charge is -2.03. The molecule has 0 fully saturated rings. The van der Waals surface area contributed by atoms with E-state index in [4.69, 9.17) is 4.74 Å². The fourth-order valence-electron chi connectivity index (χ4n) is 1.39. The van der Waals surface area contributed by atoms with Crippen molar-refractivity contribution in [3.63, 3.8) is 0 Å². The Bertz CT molecular complexity index is 566. The maximum atomic E-state index is 10.7. The number of pyridine rings is 1. The quantitative estimate of drug-likeness (QED) is 0.576. The summed E-state index contributed by atoms with van der Waals surface area (Å²) in [6.45, 7) is 0. The molecule has 0 aromatic carbocycles. The molecule has 0 spiro atoms. The van der Waals surface area contributed by atoms with Crippen molar-refractivity contribution in [2.24, 2.45) is 7.05 Å². The highest BCUT2D eigenvalue weighted by atomic mass is 16.6. The van der Waals surface area contributed by atoms with Crippen LogP contribution in [0.4, 0.5) is 5.69 Å². The van der Waals surface area contributed by atoms with Crippen LogP contribution in [0.1, 0.15) is 0 Å². The van der Waals surface area contributed by atoms with Crippen molar-refractivity contribution in [3.8, 4) is 17.3 Å². The van der Waals surface area contributed by atoms with Gasteiger partial charge in [0.25, 0.3) is 5.88 Å². The van der Waals surface area contributed by atoms with Crippen LogP contribution in [0, 0.1) is 10.1 Å². The van der Waals surface area contributed by atoms with E-state index in [9.17, 15) is 10.1 Å². The van der Waals surface area contributed by atoms with E-state index < -0.39 is 4.92 Å². The van der Waals surface area contributed by atoms with Crippen LogP contribution in [0.5, 0.6) is 5.88 Å². The first-order valence-electron chi connectivity index (χ1n) is 4.68. The monoisotopic (exact) mass is 235 g/mol. The maximum absolute atomic E-state index is 10.7. The minimum Gasteiger partial charge on any atom is -0.476 e. The lowest BCUT2D eigenvalue weighted by atomic mass is 10.2. The molecule has 0 atom stereocenters. The number of hydrogen-bond donors (Lipinski definition) is 0. The summed E-state index contributed by atoms with van der Waals surface area (Å²) in [5.74, 6) is -0.0336. The summed E-state index contributed by atoms with van der Waals surface area (Å²) in [6, 6.07) is 2.87. The van der Waals surface area contributed by atoms with Crippen molar-refractivity contribution < 1.29 is 9.66 Å². The number of methoxy groups -OCH3 is 1. The van der Waals surface area contributed by atoms with Crippen LogP contribution in [0.2, 0.25) is 0 Å². The van der Waals surface area contributed by atoms with Gasteiger partial charge >= 0.3 is 5.69 Å². The number of rotatable bonds is 3. The molecule has 2 heterocycles. The molecule has 8 heteroatoms. The van der Waals surface area contributed by atoms with Crippen molar-refractivity contribution in [1.29, 1.82) is 0 Å². The fourth-order valence-corrected chi connectivity index (χ4v) is 1.39. The summed E-state index contributed by atoms with van der Waals surface area (Å²) in [5.41, 5.74) is 0.990. The van der Waals surface area contributed by atoms with Gasteiger partial charge in [0, 0.05) is 13.1 Å². The van der Waals surface area contributed by atoms with Gasteiger partial charge < -0.3 is 4.74 Å². The van der Waals surface area contributed by atoms with Gasteiger partial charge in [0.2, 0.25) is 0 Å². The average molecular weight is 235 g/mol. The van der Waals surface area contributed by atoms with Crippen molar-refractivity contribution in [2.45, 2.75) is 0 Å². The standard InChI is InChI=1S/C9H9N5O3/c1-13-8(5-10-12-13)6-3-4-7(14(15)16)9(11-6)17-2/h3-5H,1-2H3. The molecule has 17 heavy (non-hydrogen) atoms. The molecule has 8 nitrogen and oxygen atoms in total. The molecular weight excluding hydrogens is 226 g/mol. The second-order valence-corrected chi connectivity index (χ2v) is 3.22. The molecular formula is C9H9N5O3. The highest BCUT2D eigenvalue weighted by Gasteiger charge is 2.18. The van der Waals surface area contributed by atoms with E-state index in [0.717, 1.165) is 0 Å². The van der Waals surface area contributed by atoms with Gasteiger partial charge in [-0.2, -0.15) is 0 Å². The average Bonchev–Trinajstić information content (AvgIpc) is 2.74. The minimum absolute atomic E-state index is 0.0336. The summed E-state index contributed by atoms with van der Waals surface area (Å²) in [4.78, 5) is 14.2. The van der Waals surface area contributed by atoms with Crippen LogP contribution in [-0.2, 0) is 7.05 Å². The summed E-state index contributed by atoms with van der Waals surface area (Å²) in [6.07, 6.45) is 1.52. The molecule has 0 radical (unpaired) electrons. The Morgan fingerprint density at radius 2 is 2.24 bits per heavy atom. The largest absolute Gasteiger partial charge is 0.476 e. The predicted octanol–water partition coefficient (Wildman–Crippen LogP) is 0.794. The first-order chi connectivity index (χ1) is 8.13. The maximum Gasteiger partial charge on any atom is 0.330 e. The Kier molecular flexibility index (Phi) is 2.69. The van der Waals surface area contributed by atoms with Gasteiger partial charge in [-0.15, -0.1) is 5.10 Å². The van der Waals surface area contributed by atoms with Gasteiger partial charge in [-0.3, -0.25) is 10.1 Å². The van der Waals surface area contributed by atoms with Crippen LogP contribution in [0.25, 0.3) is 11.4 Å². The second-order valence-electron chi connectivity index (χ2n) is 3.22. The van der Waals surface area contributed by atoms with E-state index in [2.05, 4.69) is 15.3 Å². The van der Waals surface area contributed by atoms with Gasteiger partial charge in [0.05, 0.1) is 23.9 Å². The third-order valence-corrected chi connectivity index (χ3v) is 2.21. The smallest absolute Gasteiger partial charge is 0.330 e. The molecule has 0 amide bonds. The van der Waals surface area contributed by atoms with E-state index in [1.807, 2.05) is 0 Å². The van der Waals surface area contributed by atoms with E-state index >= 15 is 0 Å². The second kappa shape index (κ2) is 4.16. The minimum atomic E-state index is -0.545. The van der Waals surface area contributed by atoms with Crippen molar-refractivity contribution in [2.75, 3.05) is 7.11 Å². The Morgan fingerprint density at radius 1 is 1.47 bits per heavy atom. The molecule has 0 unspecified atom stereocenters. The molecule has 0 aliphatic carbocycles. The normalized spacial score (nSPS) is 10.2. The molecule has 2 aromatic rings. The Hall–Kier alpha value is -2.51. The number of ether oxygens (including phenoxy) is 1. The fraction of sp³-hybridized carbons (Fsp3) is 0.222. The molecule has 2 rings (SSSR count). The van der Waals surface area contributed by atoms with Gasteiger partial charge in [0.1, 0.15) is 5.69 Å². The molecule has 0 N–H and O–H groups in total. The van der Waals surface area contributed by atoms with Gasteiger partial charge in [-0.25, -0.2) is 9.67 Å². The molecule has 0 bridgehead atoms. The number of nitro groups is 1. The Labute approximate surface area is 96.0 Å². The molecule has 88 valence electrons. The van der Waals surface area contributed by atoms with Crippen molar-refractivity contribution in [1.82, 2.24) is 20.0 Å². The van der Waals surface area contributed by atoms with E-state index in [1.54, 1.807) is 7.05 Å². The third-order valence-electron chi connectivity index (χ3n) is 2.21. The van der Waals surface area contributed by atoms with Crippen molar-refractivity contribution in [3.05, 3.63) is 28.4 Å². The summed E-state index contributed by atoms with van der Waals surface area (Å²) >= 11 is 0. The highest BCUT2D eigenvalue weighted by Crippen LogP contribution is 2.27. The van der Waals surface area contributed by atoms with Crippen LogP contribution in [0.3, 0.4) is 0 Å². The molecule has 0 saturated heterocycles. The summed E-state index contributed by atoms with van der Waals surface area (Å²) < 4.78 is 6.40. The van der Waals surface area contributed by atoms with Crippen LogP contribution < -0.4 is 4.74 Å². The lowest BCUT2D eigenvalue weighted by Crippen LogP contribution is -2.00. The van der Waals surface area contributed by atoms with E-state index in [1.165, 1.54) is 30.1 Å². The zero-order valence-electron chi connectivity index (χ0n) is 9.19. The Balaban J connectivity index is 2.52. The zero-order chi connectivity index (χ0) is 12.4. The molecule has 0 saturated carbocycles. The lowest BCUT2D eigenvalue weighted by molar-refractivity contribution is -0.386. The number of hydrogen-bond acceptors (Lipinski definition) is 6. The summed E-state index contributed by atoms with van der Waals surface area (Å²) in [7, 11) is 3.04. The number of nitrogens with zero attached hydrogens (tertiary/aromatic N) is 5. The van der Waals surface area contributed by atoms with E-state index in [0.29, 0.717) is 11.4 Å². The molecule has 0 aliphatic rings. The van der Waals surface area contributed by atoms with Gasteiger partial charge in [0.15, 0.2) is 0 Å². The first-order valence-corrected chi connectivity index (χ1v) is 4.68. The summed E-state index contributed by atoms with van der Waals surface area (Å²) in [5, 5.41) is 18.2. The van der Waals surface area contributed by atoms with Crippen molar-refractivity contribution >= 4 is 5.69 Å². The molecule has 2 aromatic heterocycles.